The minimum Gasteiger partial charge on any atom is -0.392 e. The summed E-state index contributed by atoms with van der Waals surface area (Å²) in [6, 6.07) is 56.8. The number of halogens is 2. The Morgan fingerprint density at radius 2 is 0.575 bits per heavy atom. The lowest BCUT2D eigenvalue weighted by molar-refractivity contribution is 0.0324. The molecule has 0 saturated heterocycles. The van der Waals surface area contributed by atoms with E-state index >= 15 is 0 Å². The first-order valence-electron chi connectivity index (χ1n) is 40.0. The highest BCUT2D eigenvalue weighted by Crippen LogP contribution is 2.43. The quantitative estimate of drug-likeness (QED) is 0.0402. The molecule has 0 radical (unpaired) electrons. The minimum atomic E-state index is -0.837. The Hall–Kier alpha value is -5.84. The molecule has 7 aromatic rings. The number of hydrogen-bond acceptors (Lipinski definition) is 6. The van der Waals surface area contributed by atoms with Crippen LogP contribution in [0.2, 0.25) is 0 Å². The molecule has 1 aliphatic rings. The lowest BCUT2D eigenvalue weighted by atomic mass is 9.76. The fraction of sp³-hybridized carbons (Fsp3) is 0.571. The van der Waals surface area contributed by atoms with Gasteiger partial charge in [-0.1, -0.05) is 303 Å². The van der Waals surface area contributed by atoms with Crippen LogP contribution in [0.4, 0.5) is 8.78 Å². The largest absolute Gasteiger partial charge is 0.392 e. The molecule has 1 aliphatic carbocycles. The number of aliphatic hydroxyl groups excluding tert-OH is 3. The molecule has 0 amide bonds. The predicted molar refractivity (Wildman–Crippen MR) is 451 cm³/mol. The van der Waals surface area contributed by atoms with E-state index in [1.165, 1.54) is 51.9 Å². The van der Waals surface area contributed by atoms with Crippen LogP contribution < -0.4 is 0 Å². The lowest BCUT2D eigenvalue weighted by Crippen LogP contribution is -2.32. The third-order valence-electron chi connectivity index (χ3n) is 21.4. The molecule has 0 saturated carbocycles. The van der Waals surface area contributed by atoms with Gasteiger partial charge in [-0.2, -0.15) is 0 Å². The van der Waals surface area contributed by atoms with Gasteiger partial charge in [0.2, 0.25) is 0 Å². The van der Waals surface area contributed by atoms with E-state index in [1.807, 2.05) is 108 Å². The van der Waals surface area contributed by atoms with Gasteiger partial charge in [-0.3, -0.25) is 0 Å². The zero-order valence-electron chi connectivity index (χ0n) is 71.9. The van der Waals surface area contributed by atoms with Crippen molar-refractivity contribution < 1.29 is 39.4 Å². The number of rotatable bonds is 22. The predicted octanol–water partition coefficient (Wildman–Crippen LogP) is 25.1. The van der Waals surface area contributed by atoms with Crippen molar-refractivity contribution in [3.63, 3.8) is 0 Å². The highest BCUT2D eigenvalue weighted by Gasteiger charge is 2.36. The van der Waals surface area contributed by atoms with E-state index in [9.17, 15) is 39.4 Å². The van der Waals surface area contributed by atoms with Crippen LogP contribution in [-0.2, 0) is 6.42 Å². The second-order valence-corrected chi connectivity index (χ2v) is 35.9. The molecule has 0 unspecified atom stereocenters. The maximum atomic E-state index is 13.5. The number of fused-ring (bicyclic) bond motifs is 1. The molecule has 0 heterocycles. The van der Waals surface area contributed by atoms with Crippen LogP contribution in [0.5, 0.6) is 0 Å². The van der Waals surface area contributed by atoms with Crippen molar-refractivity contribution in [1.82, 2.24) is 0 Å². The van der Waals surface area contributed by atoms with Crippen molar-refractivity contribution >= 4 is 0 Å². The zero-order valence-corrected chi connectivity index (χ0v) is 71.9. The molecule has 11 atom stereocenters. The summed E-state index contributed by atoms with van der Waals surface area (Å²) in [6.07, 6.45) is 0.506. The standard InChI is InChI=1S/C15H24O.2C14H21FO.3C14H22O.C13H18/c1-10(2)14(15(5,6)16)13-8-7-11(3)12(4)9-13;2*1-9(2)13(14(4,5)16)11-7-6-10(3)12(15)8-11;3*1-10(2)13(14(15)11(3)4)12-8-6-5-7-9-12;1-9(2)13-10(3)8-11-6-4-5-7-12(11)13/h7-10,14,16H,1-6H3;2*6-9,13,16H,1-5H3;3*5-11,13-15H,1-4H3;4-7,9-10,13H,8H2,1-3H3/t14-;2*13-;13-,14+;2*13-,14-;10-,13-/m1101101/s1. The first-order valence-corrected chi connectivity index (χ1v) is 40.0. The molecule has 8 rings (SSSR count). The first kappa shape index (κ1) is 96.2. The molecular weight excluding hydrogens is 1310 g/mol. The van der Waals surface area contributed by atoms with Crippen molar-refractivity contribution in [2.24, 2.45) is 65.1 Å². The Morgan fingerprint density at radius 3 is 0.811 bits per heavy atom. The molecule has 0 fully saturated rings. The second-order valence-electron chi connectivity index (χ2n) is 35.9. The van der Waals surface area contributed by atoms with Crippen molar-refractivity contribution in [1.29, 1.82) is 0 Å². The molecule has 0 spiro atoms. The van der Waals surface area contributed by atoms with E-state index < -0.39 is 16.8 Å². The number of hydrogen-bond donors (Lipinski definition) is 6. The van der Waals surface area contributed by atoms with Gasteiger partial charge in [-0.05, 0) is 226 Å². The molecule has 106 heavy (non-hydrogen) atoms. The maximum Gasteiger partial charge on any atom is 0.126 e. The fourth-order valence-electron chi connectivity index (χ4n) is 16.4. The van der Waals surface area contributed by atoms with E-state index in [0.29, 0.717) is 52.6 Å². The van der Waals surface area contributed by atoms with Crippen molar-refractivity contribution in [2.45, 2.75) is 298 Å². The summed E-state index contributed by atoms with van der Waals surface area (Å²) in [7, 11) is 0. The van der Waals surface area contributed by atoms with Crippen molar-refractivity contribution in [2.75, 3.05) is 0 Å². The average Bonchev–Trinajstić information content (AvgIpc) is 1.43. The summed E-state index contributed by atoms with van der Waals surface area (Å²) in [6.45, 7) is 63.6. The monoisotopic (exact) mass is 1460 g/mol. The first-order chi connectivity index (χ1) is 49.0. The van der Waals surface area contributed by atoms with Crippen LogP contribution in [0.3, 0.4) is 0 Å². The summed E-state index contributed by atoms with van der Waals surface area (Å²) in [5.41, 5.74) is 11.4. The van der Waals surface area contributed by atoms with E-state index in [2.05, 4.69) is 210 Å². The summed E-state index contributed by atoms with van der Waals surface area (Å²) in [4.78, 5) is 0. The van der Waals surface area contributed by atoms with E-state index in [1.54, 1.807) is 64.8 Å². The Morgan fingerprint density at radius 1 is 0.311 bits per heavy atom. The SMILES string of the molecule is CC(C)[C@@H](O)[C@@H](c1ccccc1)C(C)C.CC(C)[C@@H](c1ccccc1)[C@@H](O)C(C)C.CC(C)[C@H](O)[C@@H](c1ccccc1)C(C)C.CC(C)[C@H]1c2ccccc2C[C@H]1C.Cc1ccc([C@@H](C(C)C)C(C)(C)O)cc1C.Cc1ccc([C@@H](C(C)C)C(C)(C)O)cc1F.Cc1ccc([C@H](C(C)C)C(C)(C)O)cc1F. The molecule has 6 nitrogen and oxygen atoms in total. The molecule has 8 heteroatoms. The molecule has 0 aliphatic heterocycles. The third kappa shape index (κ3) is 30.6. The van der Waals surface area contributed by atoms with Gasteiger partial charge >= 0.3 is 0 Å². The van der Waals surface area contributed by atoms with Crippen LogP contribution in [0.25, 0.3) is 0 Å². The normalized spacial score (nSPS) is 16.3. The van der Waals surface area contributed by atoms with Gasteiger partial charge in [0.25, 0.3) is 0 Å². The Bertz CT molecular complexity index is 3210. The van der Waals surface area contributed by atoms with Crippen molar-refractivity contribution in [3.8, 4) is 0 Å². The van der Waals surface area contributed by atoms with E-state index in [0.717, 1.165) is 28.9 Å². The van der Waals surface area contributed by atoms with Gasteiger partial charge < -0.3 is 30.6 Å². The average molecular weight is 1460 g/mol. The van der Waals surface area contributed by atoms with Gasteiger partial charge in [0, 0.05) is 35.5 Å². The zero-order chi connectivity index (χ0) is 81.2. The van der Waals surface area contributed by atoms with Gasteiger partial charge in [0.05, 0.1) is 35.1 Å². The molecule has 7 aromatic carbocycles. The smallest absolute Gasteiger partial charge is 0.126 e. The highest BCUT2D eigenvalue weighted by atomic mass is 19.1. The second kappa shape index (κ2) is 44.7. The summed E-state index contributed by atoms with van der Waals surface area (Å²) in [5, 5.41) is 61.2. The number of benzene rings is 7. The minimum absolute atomic E-state index is 0.0531. The van der Waals surface area contributed by atoms with Crippen LogP contribution in [0, 0.1) is 104 Å². The van der Waals surface area contributed by atoms with Gasteiger partial charge in [0.15, 0.2) is 0 Å². The molecule has 592 valence electrons. The van der Waals surface area contributed by atoms with Gasteiger partial charge in [-0.15, -0.1) is 0 Å². The van der Waals surface area contributed by atoms with Crippen LogP contribution in [0.1, 0.15) is 295 Å². The highest BCUT2D eigenvalue weighted by molar-refractivity contribution is 5.37. The summed E-state index contributed by atoms with van der Waals surface area (Å²) >= 11 is 0. The van der Waals surface area contributed by atoms with Crippen LogP contribution in [-0.4, -0.2) is 65.8 Å². The van der Waals surface area contributed by atoms with Crippen LogP contribution >= 0.6 is 0 Å². The lowest BCUT2D eigenvalue weighted by Gasteiger charge is -2.33. The summed E-state index contributed by atoms with van der Waals surface area (Å²) in [5.74, 6) is 6.06. The Kier molecular flexibility index (Phi) is 40.6. The van der Waals surface area contributed by atoms with Crippen LogP contribution in [0.15, 0.2) is 170 Å². The van der Waals surface area contributed by atoms with E-state index in [-0.39, 0.29) is 77.3 Å². The maximum absolute atomic E-state index is 13.5. The summed E-state index contributed by atoms with van der Waals surface area (Å²) < 4.78 is 27.0. The van der Waals surface area contributed by atoms with Crippen molar-refractivity contribution in [3.05, 3.63) is 248 Å². The number of aliphatic hydroxyl groups is 6. The fourth-order valence-corrected chi connectivity index (χ4v) is 16.4. The number of aryl methyl sites for hydroxylation is 4. The topological polar surface area (TPSA) is 121 Å². The van der Waals surface area contributed by atoms with Gasteiger partial charge in [-0.25, -0.2) is 8.78 Å². The molecule has 0 aromatic heterocycles. The molecular formula is C98H150F2O6. The van der Waals surface area contributed by atoms with Gasteiger partial charge in [0.1, 0.15) is 11.6 Å². The molecule has 0 bridgehead atoms. The Balaban J connectivity index is 0.000000420. The molecule has 6 N–H and O–H groups in total. The third-order valence-corrected chi connectivity index (χ3v) is 21.4. The Labute approximate surface area is 646 Å². The van der Waals surface area contributed by atoms with E-state index in [4.69, 9.17) is 0 Å².